The normalized spacial score (nSPS) is 11.8. The van der Waals surface area contributed by atoms with E-state index in [1.807, 2.05) is 95.8 Å². The van der Waals surface area contributed by atoms with Gasteiger partial charge in [0.05, 0.1) is 0 Å². The number of nitrogens with zero attached hydrogens (tertiary/aromatic N) is 1. The van der Waals surface area contributed by atoms with Crippen molar-refractivity contribution in [1.82, 2.24) is 0 Å². The van der Waals surface area contributed by atoms with Gasteiger partial charge in [-0.1, -0.05) is 66.7 Å². The third-order valence-electron chi connectivity index (χ3n) is 3.46. The third kappa shape index (κ3) is 2.90. The van der Waals surface area contributed by atoms with Crippen molar-refractivity contribution in [2.45, 2.75) is 6.04 Å². The van der Waals surface area contributed by atoms with Crippen LogP contribution in [0.15, 0.2) is 91.3 Å². The summed E-state index contributed by atoms with van der Waals surface area (Å²) in [5.74, 6) is 0.0954. The van der Waals surface area contributed by atoms with Crippen molar-refractivity contribution in [3.05, 3.63) is 102 Å². The summed E-state index contributed by atoms with van der Waals surface area (Å²) in [6.07, 6.45) is 3.86. The quantitative estimate of drug-likeness (QED) is 0.527. The van der Waals surface area contributed by atoms with E-state index in [4.69, 9.17) is 0 Å². The lowest BCUT2D eigenvalue weighted by atomic mass is 9.97. The molecule has 0 unspecified atom stereocenters. The first-order valence-corrected chi connectivity index (χ1v) is 6.96. The van der Waals surface area contributed by atoms with E-state index in [1.54, 1.807) is 0 Å². The van der Waals surface area contributed by atoms with E-state index in [9.17, 15) is 4.79 Å². The van der Waals surface area contributed by atoms with Crippen LogP contribution in [0.5, 0.6) is 0 Å². The summed E-state index contributed by atoms with van der Waals surface area (Å²) in [5, 5.41) is 0. The van der Waals surface area contributed by atoms with Crippen LogP contribution in [-0.2, 0) is 0 Å². The molecule has 0 fully saturated rings. The van der Waals surface area contributed by atoms with Gasteiger partial charge in [-0.15, -0.1) is 0 Å². The number of ketones is 1. The maximum absolute atomic E-state index is 12.9. The Morgan fingerprint density at radius 3 is 1.86 bits per heavy atom. The zero-order valence-electron chi connectivity index (χ0n) is 11.6. The number of carbonyl (C=O) groups is 1. The van der Waals surface area contributed by atoms with Gasteiger partial charge in [0.15, 0.2) is 12.4 Å². The van der Waals surface area contributed by atoms with Crippen molar-refractivity contribution in [2.24, 2.45) is 0 Å². The molecule has 102 valence electrons. The molecule has 2 heteroatoms. The van der Waals surface area contributed by atoms with Crippen LogP contribution in [0.3, 0.4) is 0 Å². The fourth-order valence-electron chi connectivity index (χ4n) is 2.44. The monoisotopic (exact) mass is 274 g/mol. The standard InChI is InChI=1S/C19H16NO/c21-19(17-12-6-2-7-13-17)18(16-10-4-1-5-11-16)20-14-8-3-9-15-20/h1-15,18H/q+1/t18-/m1/s1. The molecule has 3 rings (SSSR count). The average Bonchev–Trinajstić information content (AvgIpc) is 2.58. The largest absolute Gasteiger partial charge is 0.286 e. The SMILES string of the molecule is O=C(c1ccccc1)[C@@H](c1ccccc1)[n+]1ccccc1. The molecule has 0 radical (unpaired) electrons. The summed E-state index contributed by atoms with van der Waals surface area (Å²) >= 11 is 0. The molecular weight excluding hydrogens is 258 g/mol. The molecule has 0 spiro atoms. The predicted octanol–water partition coefficient (Wildman–Crippen LogP) is 3.45. The maximum atomic E-state index is 12.9. The van der Waals surface area contributed by atoms with Crippen LogP contribution < -0.4 is 4.57 Å². The number of hydrogen-bond acceptors (Lipinski definition) is 1. The maximum Gasteiger partial charge on any atom is 0.245 e. The Bertz CT molecular complexity index is 669. The summed E-state index contributed by atoms with van der Waals surface area (Å²) < 4.78 is 1.95. The molecule has 1 heterocycles. The van der Waals surface area contributed by atoms with E-state index in [2.05, 4.69) is 0 Å². The van der Waals surface area contributed by atoms with Crippen molar-refractivity contribution < 1.29 is 9.36 Å². The molecule has 0 amide bonds. The fourth-order valence-corrected chi connectivity index (χ4v) is 2.44. The van der Waals surface area contributed by atoms with E-state index in [0.717, 1.165) is 11.1 Å². The molecule has 0 N–H and O–H groups in total. The highest BCUT2D eigenvalue weighted by Crippen LogP contribution is 2.18. The van der Waals surface area contributed by atoms with Crippen LogP contribution in [0.2, 0.25) is 0 Å². The molecule has 1 atom stereocenters. The minimum absolute atomic E-state index is 0.0954. The number of pyridine rings is 1. The van der Waals surface area contributed by atoms with Gasteiger partial charge in [-0.25, -0.2) is 0 Å². The van der Waals surface area contributed by atoms with Crippen LogP contribution in [0.4, 0.5) is 0 Å². The highest BCUT2D eigenvalue weighted by molar-refractivity contribution is 5.99. The van der Waals surface area contributed by atoms with Crippen molar-refractivity contribution in [2.75, 3.05) is 0 Å². The zero-order valence-corrected chi connectivity index (χ0v) is 11.6. The van der Waals surface area contributed by atoms with Gasteiger partial charge in [-0.05, 0) is 0 Å². The molecule has 1 aromatic heterocycles. The van der Waals surface area contributed by atoms with Crippen molar-refractivity contribution in [3.63, 3.8) is 0 Å². The average molecular weight is 274 g/mol. The Kier molecular flexibility index (Phi) is 3.88. The second kappa shape index (κ2) is 6.14. The zero-order chi connectivity index (χ0) is 14.5. The summed E-state index contributed by atoms with van der Waals surface area (Å²) in [7, 11) is 0. The molecule has 0 saturated heterocycles. The molecule has 3 aromatic rings. The van der Waals surface area contributed by atoms with E-state index in [0.29, 0.717) is 0 Å². The highest BCUT2D eigenvalue weighted by Gasteiger charge is 2.29. The van der Waals surface area contributed by atoms with Crippen molar-refractivity contribution in [1.29, 1.82) is 0 Å². The van der Waals surface area contributed by atoms with Gasteiger partial charge in [0.2, 0.25) is 11.8 Å². The summed E-state index contributed by atoms with van der Waals surface area (Å²) in [4.78, 5) is 12.9. The van der Waals surface area contributed by atoms with Gasteiger partial charge in [-0.2, -0.15) is 4.57 Å². The molecule has 21 heavy (non-hydrogen) atoms. The first-order valence-electron chi connectivity index (χ1n) is 6.96. The molecule has 0 aliphatic heterocycles. The molecule has 0 bridgehead atoms. The van der Waals surface area contributed by atoms with E-state index in [1.165, 1.54) is 0 Å². The highest BCUT2D eigenvalue weighted by atomic mass is 16.1. The van der Waals surface area contributed by atoms with E-state index in [-0.39, 0.29) is 11.8 Å². The van der Waals surface area contributed by atoms with Crippen LogP contribution in [0.1, 0.15) is 22.0 Å². The van der Waals surface area contributed by atoms with Gasteiger partial charge >= 0.3 is 0 Å². The van der Waals surface area contributed by atoms with Gasteiger partial charge < -0.3 is 0 Å². The Morgan fingerprint density at radius 2 is 1.24 bits per heavy atom. The van der Waals surface area contributed by atoms with Crippen molar-refractivity contribution >= 4 is 5.78 Å². The summed E-state index contributed by atoms with van der Waals surface area (Å²) in [6, 6.07) is 24.8. The second-order valence-electron chi connectivity index (χ2n) is 4.87. The number of aromatic nitrogens is 1. The van der Waals surface area contributed by atoms with E-state index < -0.39 is 0 Å². The summed E-state index contributed by atoms with van der Waals surface area (Å²) in [6.45, 7) is 0. The predicted molar refractivity (Wildman–Crippen MR) is 82.0 cm³/mol. The topological polar surface area (TPSA) is 20.9 Å². The molecule has 0 saturated carbocycles. The Balaban J connectivity index is 2.07. The number of hydrogen-bond donors (Lipinski definition) is 0. The Hall–Kier alpha value is -2.74. The van der Waals surface area contributed by atoms with Gasteiger partial charge in [0, 0.05) is 23.3 Å². The van der Waals surface area contributed by atoms with Gasteiger partial charge in [0.25, 0.3) is 0 Å². The molecule has 2 nitrogen and oxygen atoms in total. The van der Waals surface area contributed by atoms with Crippen molar-refractivity contribution in [3.8, 4) is 0 Å². The first-order chi connectivity index (χ1) is 10.4. The first kappa shape index (κ1) is 13.3. The molecule has 2 aromatic carbocycles. The fraction of sp³-hybridized carbons (Fsp3) is 0.0526. The summed E-state index contributed by atoms with van der Waals surface area (Å²) in [5.41, 5.74) is 1.71. The van der Waals surface area contributed by atoms with Crippen LogP contribution in [0, 0.1) is 0 Å². The Morgan fingerprint density at radius 1 is 0.714 bits per heavy atom. The number of rotatable bonds is 4. The lowest BCUT2D eigenvalue weighted by Crippen LogP contribution is -2.44. The molecular formula is C19H16NO+. The molecule has 0 aliphatic rings. The Labute approximate surface area is 124 Å². The second-order valence-corrected chi connectivity index (χ2v) is 4.87. The van der Waals surface area contributed by atoms with Crippen LogP contribution >= 0.6 is 0 Å². The van der Waals surface area contributed by atoms with Crippen LogP contribution in [-0.4, -0.2) is 5.78 Å². The van der Waals surface area contributed by atoms with Crippen LogP contribution in [0.25, 0.3) is 0 Å². The van der Waals surface area contributed by atoms with Gasteiger partial charge in [-0.3, -0.25) is 4.79 Å². The number of benzene rings is 2. The smallest absolute Gasteiger partial charge is 0.245 e. The lowest BCUT2D eigenvalue weighted by Gasteiger charge is -2.12. The minimum atomic E-state index is -0.338. The third-order valence-corrected chi connectivity index (χ3v) is 3.46. The minimum Gasteiger partial charge on any atom is -0.286 e. The number of Topliss-reactive ketones (excluding diaryl/α,β-unsaturated/α-hetero) is 1. The lowest BCUT2D eigenvalue weighted by molar-refractivity contribution is -0.699. The molecule has 0 aliphatic carbocycles. The van der Waals surface area contributed by atoms with Gasteiger partial charge in [0.1, 0.15) is 0 Å². The number of carbonyl (C=O) groups excluding carboxylic acids is 1. The van der Waals surface area contributed by atoms with E-state index >= 15 is 0 Å².